The van der Waals surface area contributed by atoms with E-state index in [9.17, 15) is 19.7 Å². The van der Waals surface area contributed by atoms with E-state index in [0.29, 0.717) is 18.4 Å². The van der Waals surface area contributed by atoms with Crippen LogP contribution in [0.4, 0.5) is 5.69 Å². The number of aliphatic carboxylic acids is 1. The summed E-state index contributed by atoms with van der Waals surface area (Å²) in [5.41, 5.74) is 0.651. The van der Waals surface area contributed by atoms with Crippen molar-refractivity contribution in [3.8, 4) is 0 Å². The summed E-state index contributed by atoms with van der Waals surface area (Å²) in [5.74, 6) is -1.43. The number of nitrogens with zero attached hydrogens (tertiary/aromatic N) is 1. The fraction of sp³-hybridized carbons (Fsp3) is 0.529. The summed E-state index contributed by atoms with van der Waals surface area (Å²) in [6.07, 6.45) is 3.82. The van der Waals surface area contributed by atoms with Gasteiger partial charge >= 0.3 is 11.9 Å². The Morgan fingerprint density at radius 2 is 1.80 bits per heavy atom. The Labute approximate surface area is 151 Å². The Hall–Kier alpha value is -2.15. The summed E-state index contributed by atoms with van der Waals surface area (Å²) in [5, 5.41) is 19.1. The van der Waals surface area contributed by atoms with E-state index in [1.807, 2.05) is 0 Å². The number of carboxylic acid groups (broad SMARTS) is 1. The zero-order chi connectivity index (χ0) is 18.7. The van der Waals surface area contributed by atoms with Crippen LogP contribution in [0.15, 0.2) is 24.3 Å². The fourth-order valence-electron chi connectivity index (χ4n) is 2.26. The monoisotopic (exact) mass is 371 g/mol. The third kappa shape index (κ3) is 8.49. The number of carbonyl (C=O) groups is 2. The number of hydrogen-bond donors (Lipinski definition) is 1. The molecule has 0 saturated carbocycles. The zero-order valence-corrected chi connectivity index (χ0v) is 14.6. The molecule has 1 atom stereocenters. The maximum Gasteiger partial charge on any atom is 0.310 e. The minimum atomic E-state index is -0.798. The fourth-order valence-corrected chi connectivity index (χ4v) is 2.55. The van der Waals surface area contributed by atoms with Crippen LogP contribution in [0.3, 0.4) is 0 Å². The maximum absolute atomic E-state index is 12.0. The Balaban J connectivity index is 2.30. The number of nitro groups is 1. The van der Waals surface area contributed by atoms with Gasteiger partial charge in [-0.05, 0) is 30.5 Å². The van der Waals surface area contributed by atoms with Gasteiger partial charge < -0.3 is 9.84 Å². The lowest BCUT2D eigenvalue weighted by atomic mass is 10.0. The lowest BCUT2D eigenvalue weighted by molar-refractivity contribution is -0.384. The van der Waals surface area contributed by atoms with Gasteiger partial charge in [-0.25, -0.2) is 0 Å². The Bertz CT molecular complexity index is 575. The molecule has 138 valence electrons. The van der Waals surface area contributed by atoms with Crippen molar-refractivity contribution in [1.29, 1.82) is 0 Å². The molecule has 25 heavy (non-hydrogen) atoms. The van der Waals surface area contributed by atoms with E-state index in [-0.39, 0.29) is 30.6 Å². The molecular weight excluding hydrogens is 350 g/mol. The Morgan fingerprint density at radius 1 is 1.16 bits per heavy atom. The number of nitro benzene ring substituents is 1. The highest BCUT2D eigenvalue weighted by atomic mass is 35.5. The Kier molecular flexibility index (Phi) is 9.54. The van der Waals surface area contributed by atoms with Crippen molar-refractivity contribution in [3.05, 3.63) is 39.9 Å². The second-order valence-electron chi connectivity index (χ2n) is 5.73. The van der Waals surface area contributed by atoms with E-state index >= 15 is 0 Å². The van der Waals surface area contributed by atoms with Gasteiger partial charge in [0.2, 0.25) is 0 Å². The molecule has 1 rings (SSSR count). The van der Waals surface area contributed by atoms with Crippen LogP contribution in [0, 0.1) is 16.0 Å². The number of benzene rings is 1. The maximum atomic E-state index is 12.0. The zero-order valence-electron chi connectivity index (χ0n) is 13.9. The quantitative estimate of drug-likeness (QED) is 0.196. The number of carbonyl (C=O) groups excluding carboxylic acids is 1. The second kappa shape index (κ2) is 11.4. The van der Waals surface area contributed by atoms with Gasteiger partial charge in [0.25, 0.3) is 5.69 Å². The number of ether oxygens (including phenoxy) is 1. The SMILES string of the molecule is O=C(O)CCCCCCC(CCl)C(=O)OCc1ccc([N+](=O)[O-])cc1. The summed E-state index contributed by atoms with van der Waals surface area (Å²) in [6, 6.07) is 5.81. The average molecular weight is 372 g/mol. The van der Waals surface area contributed by atoms with E-state index in [1.165, 1.54) is 12.1 Å². The molecule has 1 N–H and O–H groups in total. The topological polar surface area (TPSA) is 107 Å². The van der Waals surface area contributed by atoms with Crippen LogP contribution in [0.1, 0.15) is 44.1 Å². The van der Waals surface area contributed by atoms with Crippen LogP contribution >= 0.6 is 11.6 Å². The first kappa shape index (κ1) is 20.9. The van der Waals surface area contributed by atoms with Crippen LogP contribution in [-0.4, -0.2) is 27.8 Å². The van der Waals surface area contributed by atoms with Gasteiger partial charge in [0, 0.05) is 24.4 Å². The summed E-state index contributed by atoms with van der Waals surface area (Å²) >= 11 is 5.83. The molecule has 0 radical (unpaired) electrons. The summed E-state index contributed by atoms with van der Waals surface area (Å²) in [7, 11) is 0. The lowest BCUT2D eigenvalue weighted by Crippen LogP contribution is -2.19. The molecule has 0 aliphatic carbocycles. The first-order valence-corrected chi connectivity index (χ1v) is 8.65. The highest BCUT2D eigenvalue weighted by Gasteiger charge is 2.18. The minimum absolute atomic E-state index is 0.0170. The van der Waals surface area contributed by atoms with Gasteiger partial charge in [0.05, 0.1) is 10.8 Å². The third-order valence-corrected chi connectivity index (χ3v) is 4.11. The molecule has 0 aliphatic rings. The standard InChI is InChI=1S/C17H22ClNO6/c18-11-14(5-3-1-2-4-6-16(20)21)17(22)25-12-13-7-9-15(10-8-13)19(23)24/h7-10,14H,1-6,11-12H2,(H,20,21). The number of esters is 1. The van der Waals surface area contributed by atoms with Crippen molar-refractivity contribution in [1.82, 2.24) is 0 Å². The van der Waals surface area contributed by atoms with Gasteiger partial charge in [0.15, 0.2) is 0 Å². The summed E-state index contributed by atoms with van der Waals surface area (Å²) in [4.78, 5) is 32.5. The highest BCUT2D eigenvalue weighted by molar-refractivity contribution is 6.19. The van der Waals surface area contributed by atoms with Crippen molar-refractivity contribution in [2.75, 3.05) is 5.88 Å². The van der Waals surface area contributed by atoms with E-state index < -0.39 is 16.8 Å². The first-order chi connectivity index (χ1) is 11.9. The smallest absolute Gasteiger partial charge is 0.310 e. The largest absolute Gasteiger partial charge is 0.481 e. The van der Waals surface area contributed by atoms with Crippen molar-refractivity contribution in [2.24, 2.45) is 5.92 Å². The van der Waals surface area contributed by atoms with E-state index in [0.717, 1.165) is 19.3 Å². The second-order valence-corrected chi connectivity index (χ2v) is 6.04. The number of unbranched alkanes of at least 4 members (excludes halogenated alkanes) is 3. The molecule has 0 heterocycles. The summed E-state index contributed by atoms with van der Waals surface area (Å²) in [6.45, 7) is 0.0445. The van der Waals surface area contributed by atoms with E-state index in [1.54, 1.807) is 12.1 Å². The summed E-state index contributed by atoms with van der Waals surface area (Å²) < 4.78 is 5.22. The molecular formula is C17H22ClNO6. The molecule has 1 aromatic rings. The highest BCUT2D eigenvalue weighted by Crippen LogP contribution is 2.17. The van der Waals surface area contributed by atoms with Gasteiger partial charge in [-0.3, -0.25) is 19.7 Å². The predicted molar refractivity (Wildman–Crippen MR) is 92.4 cm³/mol. The number of carboxylic acids is 1. The van der Waals surface area contributed by atoms with Crippen LogP contribution in [0.5, 0.6) is 0 Å². The van der Waals surface area contributed by atoms with Crippen LogP contribution in [0.2, 0.25) is 0 Å². The molecule has 1 aromatic carbocycles. The minimum Gasteiger partial charge on any atom is -0.481 e. The number of non-ortho nitro benzene ring substituents is 1. The number of alkyl halides is 1. The van der Waals surface area contributed by atoms with Crippen molar-refractivity contribution in [2.45, 2.75) is 45.1 Å². The molecule has 7 nitrogen and oxygen atoms in total. The van der Waals surface area contributed by atoms with E-state index in [2.05, 4.69) is 0 Å². The Morgan fingerprint density at radius 3 is 2.36 bits per heavy atom. The number of halogens is 1. The number of rotatable bonds is 12. The molecule has 0 fully saturated rings. The third-order valence-electron chi connectivity index (χ3n) is 3.74. The molecule has 0 spiro atoms. The van der Waals surface area contributed by atoms with Crippen LogP contribution in [0.25, 0.3) is 0 Å². The van der Waals surface area contributed by atoms with Crippen LogP contribution < -0.4 is 0 Å². The first-order valence-electron chi connectivity index (χ1n) is 8.11. The van der Waals surface area contributed by atoms with Crippen molar-refractivity contribution in [3.63, 3.8) is 0 Å². The molecule has 0 amide bonds. The average Bonchev–Trinajstić information content (AvgIpc) is 2.59. The van der Waals surface area contributed by atoms with Crippen LogP contribution in [-0.2, 0) is 20.9 Å². The van der Waals surface area contributed by atoms with E-state index in [4.69, 9.17) is 21.4 Å². The molecule has 0 aromatic heterocycles. The molecule has 0 bridgehead atoms. The molecule has 8 heteroatoms. The molecule has 1 unspecified atom stereocenters. The van der Waals surface area contributed by atoms with Gasteiger partial charge in [0.1, 0.15) is 6.61 Å². The normalized spacial score (nSPS) is 11.7. The molecule has 0 aliphatic heterocycles. The van der Waals surface area contributed by atoms with Crippen molar-refractivity contribution < 1.29 is 24.4 Å². The lowest BCUT2D eigenvalue weighted by Gasteiger charge is -2.13. The van der Waals surface area contributed by atoms with Gasteiger partial charge in [-0.15, -0.1) is 11.6 Å². The predicted octanol–water partition coefficient (Wildman–Crippen LogP) is 3.92. The molecule has 0 saturated heterocycles. The van der Waals surface area contributed by atoms with Crippen molar-refractivity contribution >= 4 is 29.2 Å². The van der Waals surface area contributed by atoms with Gasteiger partial charge in [-0.1, -0.05) is 19.3 Å². The number of hydrogen-bond acceptors (Lipinski definition) is 5. The van der Waals surface area contributed by atoms with Gasteiger partial charge in [-0.2, -0.15) is 0 Å².